The Morgan fingerprint density at radius 1 is 1.12 bits per heavy atom. The molecule has 126 valence electrons. The predicted octanol–water partition coefficient (Wildman–Crippen LogP) is 3.85. The number of carbonyl (C=O) groups excluding carboxylic acids is 1. The third kappa shape index (κ3) is 3.03. The summed E-state index contributed by atoms with van der Waals surface area (Å²) >= 11 is 0. The molecular formula is C19H16FN3O2. The zero-order valence-electron chi connectivity index (χ0n) is 13.4. The van der Waals surface area contributed by atoms with Gasteiger partial charge in [-0.15, -0.1) is 0 Å². The normalized spacial score (nSPS) is 17.0. The first-order valence-electron chi connectivity index (χ1n) is 8.18. The number of benzene rings is 2. The van der Waals surface area contributed by atoms with Crippen LogP contribution in [0.3, 0.4) is 0 Å². The van der Waals surface area contributed by atoms with Crippen LogP contribution in [0.1, 0.15) is 35.1 Å². The smallest absolute Gasteiger partial charge is 0.254 e. The fourth-order valence-electron chi connectivity index (χ4n) is 3.10. The van der Waals surface area contributed by atoms with Crippen molar-refractivity contribution in [2.24, 2.45) is 0 Å². The van der Waals surface area contributed by atoms with Gasteiger partial charge in [0.15, 0.2) is 0 Å². The minimum absolute atomic E-state index is 0.0374. The zero-order chi connectivity index (χ0) is 17.2. The molecule has 0 radical (unpaired) electrons. The highest BCUT2D eigenvalue weighted by molar-refractivity contribution is 5.94. The highest BCUT2D eigenvalue weighted by Gasteiger charge is 2.34. The standard InChI is InChI=1S/C19H16FN3O2/c20-15-10-8-13(9-11-15)17-21-18(25-22-17)16-7-4-12-23(16)19(24)14-5-2-1-3-6-14/h1-3,5-6,8-11,16H,4,7,12H2. The molecule has 1 fully saturated rings. The lowest BCUT2D eigenvalue weighted by Gasteiger charge is -2.21. The molecule has 1 aliphatic rings. The molecule has 2 heterocycles. The summed E-state index contributed by atoms with van der Waals surface area (Å²) < 4.78 is 18.4. The first kappa shape index (κ1) is 15.5. The fraction of sp³-hybridized carbons (Fsp3) is 0.211. The molecule has 25 heavy (non-hydrogen) atoms. The summed E-state index contributed by atoms with van der Waals surface area (Å²) in [7, 11) is 0. The van der Waals surface area contributed by atoms with E-state index < -0.39 is 0 Å². The van der Waals surface area contributed by atoms with Gasteiger partial charge in [-0.1, -0.05) is 23.4 Å². The predicted molar refractivity (Wildman–Crippen MR) is 89.1 cm³/mol. The minimum atomic E-state index is -0.317. The van der Waals surface area contributed by atoms with E-state index in [1.54, 1.807) is 29.2 Å². The molecule has 0 bridgehead atoms. The lowest BCUT2D eigenvalue weighted by atomic mass is 10.1. The lowest BCUT2D eigenvalue weighted by Crippen LogP contribution is -2.30. The van der Waals surface area contributed by atoms with Crippen LogP contribution in [-0.4, -0.2) is 27.5 Å². The Kier molecular flexibility index (Phi) is 4.01. The van der Waals surface area contributed by atoms with Crippen LogP contribution in [-0.2, 0) is 0 Å². The average Bonchev–Trinajstić information content (AvgIpc) is 3.31. The van der Waals surface area contributed by atoms with Gasteiger partial charge in [-0.3, -0.25) is 4.79 Å². The first-order valence-corrected chi connectivity index (χ1v) is 8.18. The summed E-state index contributed by atoms with van der Waals surface area (Å²) in [6.45, 7) is 0.659. The highest BCUT2D eigenvalue weighted by atomic mass is 19.1. The Hall–Kier alpha value is -3.02. The molecule has 0 N–H and O–H groups in total. The largest absolute Gasteiger partial charge is 0.337 e. The van der Waals surface area contributed by atoms with E-state index in [0.717, 1.165) is 12.8 Å². The summed E-state index contributed by atoms with van der Waals surface area (Å²) in [4.78, 5) is 18.9. The van der Waals surface area contributed by atoms with E-state index in [0.29, 0.717) is 29.4 Å². The maximum absolute atomic E-state index is 13.0. The molecule has 1 unspecified atom stereocenters. The Labute approximate surface area is 144 Å². The van der Waals surface area contributed by atoms with Crippen LogP contribution >= 0.6 is 0 Å². The number of hydrogen-bond acceptors (Lipinski definition) is 4. The van der Waals surface area contributed by atoms with Gasteiger partial charge in [0.25, 0.3) is 5.91 Å². The number of hydrogen-bond donors (Lipinski definition) is 0. The topological polar surface area (TPSA) is 59.2 Å². The Morgan fingerprint density at radius 2 is 1.88 bits per heavy atom. The summed E-state index contributed by atoms with van der Waals surface area (Å²) in [5.74, 6) is 0.461. The number of likely N-dealkylation sites (tertiary alicyclic amines) is 1. The average molecular weight is 337 g/mol. The van der Waals surface area contributed by atoms with Crippen LogP contribution < -0.4 is 0 Å². The van der Waals surface area contributed by atoms with E-state index in [-0.39, 0.29) is 17.8 Å². The lowest BCUT2D eigenvalue weighted by molar-refractivity contribution is 0.0710. The number of aromatic nitrogens is 2. The molecule has 6 heteroatoms. The van der Waals surface area contributed by atoms with Crippen molar-refractivity contribution in [1.82, 2.24) is 15.0 Å². The van der Waals surface area contributed by atoms with Crippen molar-refractivity contribution in [3.63, 3.8) is 0 Å². The van der Waals surface area contributed by atoms with Crippen molar-refractivity contribution in [2.45, 2.75) is 18.9 Å². The monoisotopic (exact) mass is 337 g/mol. The van der Waals surface area contributed by atoms with E-state index in [9.17, 15) is 9.18 Å². The number of amides is 1. The second-order valence-corrected chi connectivity index (χ2v) is 5.99. The van der Waals surface area contributed by atoms with E-state index in [1.807, 2.05) is 18.2 Å². The molecular weight excluding hydrogens is 321 g/mol. The van der Waals surface area contributed by atoms with Gasteiger partial charge >= 0.3 is 0 Å². The molecule has 1 saturated heterocycles. The van der Waals surface area contributed by atoms with E-state index in [1.165, 1.54) is 12.1 Å². The van der Waals surface area contributed by atoms with E-state index in [4.69, 9.17) is 4.52 Å². The molecule has 0 saturated carbocycles. The van der Waals surface area contributed by atoms with Crippen molar-refractivity contribution in [3.05, 3.63) is 71.9 Å². The summed E-state index contributed by atoms with van der Waals surface area (Å²) in [6.07, 6.45) is 1.67. The molecule has 3 aromatic rings. The third-order valence-electron chi connectivity index (χ3n) is 4.36. The number of carbonyl (C=O) groups is 1. The second-order valence-electron chi connectivity index (χ2n) is 5.99. The van der Waals surface area contributed by atoms with Gasteiger partial charge in [-0.2, -0.15) is 4.98 Å². The molecule has 1 aromatic heterocycles. The van der Waals surface area contributed by atoms with Crippen molar-refractivity contribution in [3.8, 4) is 11.4 Å². The van der Waals surface area contributed by atoms with E-state index >= 15 is 0 Å². The van der Waals surface area contributed by atoms with Crippen molar-refractivity contribution in [2.75, 3.05) is 6.54 Å². The van der Waals surface area contributed by atoms with Crippen LogP contribution in [0, 0.1) is 5.82 Å². The maximum Gasteiger partial charge on any atom is 0.254 e. The zero-order valence-corrected chi connectivity index (χ0v) is 13.4. The Morgan fingerprint density at radius 3 is 2.64 bits per heavy atom. The SMILES string of the molecule is O=C(c1ccccc1)N1CCCC1c1nc(-c2ccc(F)cc2)no1. The summed E-state index contributed by atoms with van der Waals surface area (Å²) in [5.41, 5.74) is 1.32. The molecule has 0 spiro atoms. The summed E-state index contributed by atoms with van der Waals surface area (Å²) in [6, 6.07) is 14.9. The highest BCUT2D eigenvalue weighted by Crippen LogP contribution is 2.33. The maximum atomic E-state index is 13.0. The van der Waals surface area contributed by atoms with E-state index in [2.05, 4.69) is 10.1 Å². The van der Waals surface area contributed by atoms with Crippen LogP contribution in [0.2, 0.25) is 0 Å². The molecule has 1 atom stereocenters. The van der Waals surface area contributed by atoms with Crippen molar-refractivity contribution < 1.29 is 13.7 Å². The quantitative estimate of drug-likeness (QED) is 0.728. The second kappa shape index (κ2) is 6.47. The van der Waals surface area contributed by atoms with Gasteiger partial charge < -0.3 is 9.42 Å². The van der Waals surface area contributed by atoms with Gasteiger partial charge in [0, 0.05) is 17.7 Å². The van der Waals surface area contributed by atoms with Crippen LogP contribution in [0.5, 0.6) is 0 Å². The minimum Gasteiger partial charge on any atom is -0.337 e. The van der Waals surface area contributed by atoms with Crippen molar-refractivity contribution >= 4 is 5.91 Å². The Bertz CT molecular complexity index is 877. The van der Waals surface area contributed by atoms with Gasteiger partial charge in [-0.05, 0) is 49.2 Å². The molecule has 5 nitrogen and oxygen atoms in total. The molecule has 1 amide bonds. The number of rotatable bonds is 3. The summed E-state index contributed by atoms with van der Waals surface area (Å²) in [5, 5.41) is 3.98. The van der Waals surface area contributed by atoms with Gasteiger partial charge in [0.2, 0.25) is 11.7 Å². The molecule has 1 aliphatic heterocycles. The van der Waals surface area contributed by atoms with Crippen molar-refractivity contribution in [1.29, 1.82) is 0 Å². The molecule has 2 aromatic carbocycles. The number of halogens is 1. The van der Waals surface area contributed by atoms with Gasteiger partial charge in [0.05, 0.1) is 0 Å². The first-order chi connectivity index (χ1) is 12.2. The van der Waals surface area contributed by atoms with Gasteiger partial charge in [0.1, 0.15) is 11.9 Å². The third-order valence-corrected chi connectivity index (χ3v) is 4.36. The fourth-order valence-corrected chi connectivity index (χ4v) is 3.10. The van der Waals surface area contributed by atoms with Crippen LogP contribution in [0.4, 0.5) is 4.39 Å². The van der Waals surface area contributed by atoms with Crippen LogP contribution in [0.25, 0.3) is 11.4 Å². The Balaban J connectivity index is 1.59. The number of nitrogens with zero attached hydrogens (tertiary/aromatic N) is 3. The van der Waals surface area contributed by atoms with Crippen LogP contribution in [0.15, 0.2) is 59.1 Å². The molecule has 0 aliphatic carbocycles. The molecule has 4 rings (SSSR count). The van der Waals surface area contributed by atoms with Gasteiger partial charge in [-0.25, -0.2) is 4.39 Å².